The van der Waals surface area contributed by atoms with E-state index in [0.29, 0.717) is 5.69 Å². The molecule has 0 radical (unpaired) electrons. The molecule has 3 rings (SSSR count). The van der Waals surface area contributed by atoms with E-state index in [4.69, 9.17) is 4.74 Å². The highest BCUT2D eigenvalue weighted by Gasteiger charge is 2.17. The highest BCUT2D eigenvalue weighted by atomic mass is 16.5. The lowest BCUT2D eigenvalue weighted by molar-refractivity contribution is 0.0950. The second-order valence-electron chi connectivity index (χ2n) is 5.09. The van der Waals surface area contributed by atoms with Gasteiger partial charge in [-0.05, 0) is 55.2 Å². The predicted octanol–water partition coefficient (Wildman–Crippen LogP) is 2.56. The number of amides is 1. The molecule has 1 N–H and O–H groups in total. The van der Waals surface area contributed by atoms with Gasteiger partial charge in [-0.1, -0.05) is 6.07 Å². The minimum atomic E-state index is -0.297. The number of ether oxygens (including phenoxy) is 1. The minimum absolute atomic E-state index is 0.297. The molecule has 1 aliphatic rings. The first-order valence-corrected chi connectivity index (χ1v) is 7.23. The zero-order chi connectivity index (χ0) is 15.4. The Labute approximate surface area is 129 Å². The fourth-order valence-corrected chi connectivity index (χ4v) is 2.56. The summed E-state index contributed by atoms with van der Waals surface area (Å²) in [5, 5.41) is 4.29. The summed E-state index contributed by atoms with van der Waals surface area (Å²) in [6.07, 6.45) is 4.45. The van der Waals surface area contributed by atoms with Crippen molar-refractivity contribution in [2.24, 2.45) is 5.10 Å². The van der Waals surface area contributed by atoms with Gasteiger partial charge in [0.1, 0.15) is 11.4 Å². The fraction of sp³-hybridized carbons (Fsp3) is 0.235. The van der Waals surface area contributed by atoms with Crippen LogP contribution in [0.2, 0.25) is 0 Å². The Bertz CT molecular complexity index is 711. The van der Waals surface area contributed by atoms with Crippen LogP contribution in [0, 0.1) is 0 Å². The van der Waals surface area contributed by atoms with Gasteiger partial charge in [-0.15, -0.1) is 0 Å². The van der Waals surface area contributed by atoms with Gasteiger partial charge >= 0.3 is 0 Å². The molecule has 112 valence electrons. The lowest BCUT2D eigenvalue weighted by atomic mass is 9.90. The van der Waals surface area contributed by atoms with Gasteiger partial charge in [-0.2, -0.15) is 5.10 Å². The van der Waals surface area contributed by atoms with E-state index in [-0.39, 0.29) is 5.91 Å². The lowest BCUT2D eigenvalue weighted by Crippen LogP contribution is -2.22. The minimum Gasteiger partial charge on any atom is -0.497 e. The number of hydrogen-bond acceptors (Lipinski definition) is 4. The van der Waals surface area contributed by atoms with Crippen molar-refractivity contribution >= 4 is 11.6 Å². The maximum absolute atomic E-state index is 12.0. The van der Waals surface area contributed by atoms with Crippen LogP contribution < -0.4 is 10.2 Å². The summed E-state index contributed by atoms with van der Waals surface area (Å²) in [4.78, 5) is 16.0. The van der Waals surface area contributed by atoms with E-state index in [1.165, 1.54) is 5.56 Å². The van der Waals surface area contributed by atoms with Gasteiger partial charge in [-0.25, -0.2) is 5.43 Å². The normalized spacial score (nSPS) is 15.2. The Morgan fingerprint density at radius 1 is 1.27 bits per heavy atom. The number of hydrogen-bond donors (Lipinski definition) is 1. The molecular formula is C17H17N3O2. The molecule has 0 atom stereocenters. The van der Waals surface area contributed by atoms with Gasteiger partial charge in [0, 0.05) is 11.8 Å². The van der Waals surface area contributed by atoms with Gasteiger partial charge in [0.2, 0.25) is 0 Å². The van der Waals surface area contributed by atoms with E-state index in [0.717, 1.165) is 36.3 Å². The maximum Gasteiger partial charge on any atom is 0.289 e. The average Bonchev–Trinajstić information content (AvgIpc) is 2.59. The topological polar surface area (TPSA) is 63.6 Å². The molecule has 1 heterocycles. The first-order chi connectivity index (χ1) is 10.8. The summed E-state index contributed by atoms with van der Waals surface area (Å²) in [6.45, 7) is 0. The second-order valence-corrected chi connectivity index (χ2v) is 5.09. The predicted molar refractivity (Wildman–Crippen MR) is 84.2 cm³/mol. The number of hydrazone groups is 1. The number of aryl methyl sites for hydroxylation is 1. The third-order valence-corrected chi connectivity index (χ3v) is 3.67. The first-order valence-electron chi connectivity index (χ1n) is 7.23. The van der Waals surface area contributed by atoms with Crippen molar-refractivity contribution in [1.82, 2.24) is 10.4 Å². The van der Waals surface area contributed by atoms with Crippen LogP contribution >= 0.6 is 0 Å². The number of aromatic nitrogens is 1. The zero-order valence-corrected chi connectivity index (χ0v) is 12.4. The lowest BCUT2D eigenvalue weighted by Gasteiger charge is -2.18. The molecule has 0 spiro atoms. The molecule has 0 fully saturated rings. The van der Waals surface area contributed by atoms with Crippen LogP contribution in [-0.4, -0.2) is 23.7 Å². The number of carbonyl (C=O) groups is 1. The molecule has 0 saturated heterocycles. The number of nitrogens with zero attached hydrogens (tertiary/aromatic N) is 2. The van der Waals surface area contributed by atoms with Crippen molar-refractivity contribution in [1.29, 1.82) is 0 Å². The van der Waals surface area contributed by atoms with Gasteiger partial charge in [0.05, 0.1) is 12.8 Å². The van der Waals surface area contributed by atoms with E-state index < -0.39 is 0 Å². The first kappa shape index (κ1) is 14.3. The van der Waals surface area contributed by atoms with Crippen molar-refractivity contribution in [2.75, 3.05) is 7.11 Å². The molecule has 5 heteroatoms. The molecule has 0 bridgehead atoms. The molecule has 1 aromatic heterocycles. The quantitative estimate of drug-likeness (QED) is 0.885. The third-order valence-electron chi connectivity index (χ3n) is 3.67. The smallest absolute Gasteiger partial charge is 0.289 e. The maximum atomic E-state index is 12.0. The molecule has 0 aliphatic heterocycles. The summed E-state index contributed by atoms with van der Waals surface area (Å²) in [5.74, 6) is 0.547. The van der Waals surface area contributed by atoms with E-state index in [1.807, 2.05) is 18.2 Å². The highest BCUT2D eigenvalue weighted by molar-refractivity contribution is 6.04. The van der Waals surface area contributed by atoms with E-state index in [1.54, 1.807) is 31.5 Å². The van der Waals surface area contributed by atoms with Crippen LogP contribution in [-0.2, 0) is 6.42 Å². The molecule has 0 saturated carbocycles. The van der Waals surface area contributed by atoms with Crippen LogP contribution in [0.4, 0.5) is 0 Å². The third kappa shape index (κ3) is 2.98. The average molecular weight is 295 g/mol. The summed E-state index contributed by atoms with van der Waals surface area (Å²) in [6, 6.07) is 11.2. The summed E-state index contributed by atoms with van der Waals surface area (Å²) in [5.41, 5.74) is 6.13. The Kier molecular flexibility index (Phi) is 4.14. The Balaban J connectivity index is 1.80. The molecule has 2 aromatic rings. The Hall–Kier alpha value is -2.69. The molecular weight excluding hydrogens is 278 g/mol. The number of nitrogens with one attached hydrogen (secondary N) is 1. The van der Waals surface area contributed by atoms with Gasteiger partial charge in [0.15, 0.2) is 0 Å². The van der Waals surface area contributed by atoms with Crippen molar-refractivity contribution in [3.63, 3.8) is 0 Å². The second kappa shape index (κ2) is 6.39. The largest absolute Gasteiger partial charge is 0.497 e. The Morgan fingerprint density at radius 2 is 2.18 bits per heavy atom. The van der Waals surface area contributed by atoms with E-state index in [9.17, 15) is 4.79 Å². The standard InChI is InChI=1S/C17H17N3O2/c1-22-13-8-9-14-12(11-13)5-4-7-15(14)19-20-17(21)16-6-2-3-10-18-16/h2-3,6,8-11H,4-5,7H2,1H3,(H,20,21). The van der Waals surface area contributed by atoms with E-state index >= 15 is 0 Å². The fourth-order valence-electron chi connectivity index (χ4n) is 2.56. The van der Waals surface area contributed by atoms with Crippen molar-refractivity contribution < 1.29 is 9.53 Å². The van der Waals surface area contributed by atoms with Crippen molar-refractivity contribution in [3.8, 4) is 5.75 Å². The SMILES string of the molecule is COc1ccc2c(c1)CCCC2=NNC(=O)c1ccccn1. The van der Waals surface area contributed by atoms with Gasteiger partial charge in [0.25, 0.3) is 5.91 Å². The summed E-state index contributed by atoms with van der Waals surface area (Å²) < 4.78 is 5.25. The molecule has 1 aromatic carbocycles. The number of benzene rings is 1. The summed E-state index contributed by atoms with van der Waals surface area (Å²) in [7, 11) is 1.66. The number of carbonyl (C=O) groups excluding carboxylic acids is 1. The molecule has 5 nitrogen and oxygen atoms in total. The van der Waals surface area contributed by atoms with Gasteiger partial charge < -0.3 is 4.74 Å². The van der Waals surface area contributed by atoms with Crippen LogP contribution in [0.25, 0.3) is 0 Å². The Morgan fingerprint density at radius 3 is 2.95 bits per heavy atom. The molecule has 1 aliphatic carbocycles. The van der Waals surface area contributed by atoms with E-state index in [2.05, 4.69) is 15.5 Å². The number of pyridine rings is 1. The number of fused-ring (bicyclic) bond motifs is 1. The molecule has 1 amide bonds. The van der Waals surface area contributed by atoms with Crippen molar-refractivity contribution in [2.45, 2.75) is 19.3 Å². The summed E-state index contributed by atoms with van der Waals surface area (Å²) >= 11 is 0. The van der Waals surface area contributed by atoms with Crippen LogP contribution in [0.3, 0.4) is 0 Å². The zero-order valence-electron chi connectivity index (χ0n) is 12.4. The highest BCUT2D eigenvalue weighted by Crippen LogP contribution is 2.25. The number of methoxy groups -OCH3 is 1. The molecule has 0 unspecified atom stereocenters. The molecule has 22 heavy (non-hydrogen) atoms. The van der Waals surface area contributed by atoms with Crippen molar-refractivity contribution in [3.05, 3.63) is 59.4 Å². The monoisotopic (exact) mass is 295 g/mol. The number of rotatable bonds is 3. The van der Waals surface area contributed by atoms with Crippen LogP contribution in [0.1, 0.15) is 34.5 Å². The van der Waals surface area contributed by atoms with Crippen LogP contribution in [0.15, 0.2) is 47.7 Å². The van der Waals surface area contributed by atoms with Crippen LogP contribution in [0.5, 0.6) is 5.75 Å². The van der Waals surface area contributed by atoms with Gasteiger partial charge in [-0.3, -0.25) is 9.78 Å².